The minimum absolute atomic E-state index is 0.245. The highest BCUT2D eigenvalue weighted by Crippen LogP contribution is 2.43. The SMILES string of the molecule is CC(C)CN(CC(C)C)C(C)(CN)C1CC1. The first-order chi connectivity index (χ1) is 7.40. The summed E-state index contributed by atoms with van der Waals surface area (Å²) >= 11 is 0. The second kappa shape index (κ2) is 5.50. The molecule has 1 fully saturated rings. The van der Waals surface area contributed by atoms with E-state index in [1.165, 1.54) is 25.9 Å². The van der Waals surface area contributed by atoms with Gasteiger partial charge < -0.3 is 5.73 Å². The van der Waals surface area contributed by atoms with E-state index in [4.69, 9.17) is 5.73 Å². The lowest BCUT2D eigenvalue weighted by Crippen LogP contribution is -2.55. The Labute approximate surface area is 102 Å². The van der Waals surface area contributed by atoms with Gasteiger partial charge in [0.25, 0.3) is 0 Å². The van der Waals surface area contributed by atoms with Gasteiger partial charge in [0.15, 0.2) is 0 Å². The first-order valence-electron chi connectivity index (χ1n) is 6.85. The van der Waals surface area contributed by atoms with Gasteiger partial charge in [-0.3, -0.25) is 4.90 Å². The van der Waals surface area contributed by atoms with Crippen LogP contribution in [0.4, 0.5) is 0 Å². The van der Waals surface area contributed by atoms with Crippen molar-refractivity contribution in [3.8, 4) is 0 Å². The minimum Gasteiger partial charge on any atom is -0.329 e. The standard InChI is InChI=1S/C14H30N2/c1-11(2)8-16(9-12(3)4)14(5,10-15)13-6-7-13/h11-13H,6-10,15H2,1-5H3. The molecule has 2 heteroatoms. The Morgan fingerprint density at radius 3 is 1.81 bits per heavy atom. The van der Waals surface area contributed by atoms with Gasteiger partial charge in [0.05, 0.1) is 0 Å². The molecule has 0 radical (unpaired) electrons. The highest BCUT2D eigenvalue weighted by atomic mass is 15.2. The molecule has 2 N–H and O–H groups in total. The maximum absolute atomic E-state index is 6.06. The molecule has 0 aromatic heterocycles. The summed E-state index contributed by atoms with van der Waals surface area (Å²) in [5, 5.41) is 0. The molecule has 96 valence electrons. The van der Waals surface area contributed by atoms with E-state index in [1.54, 1.807) is 0 Å². The van der Waals surface area contributed by atoms with Gasteiger partial charge in [-0.15, -0.1) is 0 Å². The summed E-state index contributed by atoms with van der Waals surface area (Å²) < 4.78 is 0. The summed E-state index contributed by atoms with van der Waals surface area (Å²) in [7, 11) is 0. The van der Waals surface area contributed by atoms with Gasteiger partial charge in [0.1, 0.15) is 0 Å². The van der Waals surface area contributed by atoms with Gasteiger partial charge in [0.2, 0.25) is 0 Å². The third-order valence-corrected chi connectivity index (χ3v) is 3.76. The van der Waals surface area contributed by atoms with Crippen LogP contribution in [0.3, 0.4) is 0 Å². The van der Waals surface area contributed by atoms with E-state index in [-0.39, 0.29) is 5.54 Å². The summed E-state index contributed by atoms with van der Waals surface area (Å²) in [6, 6.07) is 0. The van der Waals surface area contributed by atoms with Crippen molar-refractivity contribution in [2.24, 2.45) is 23.5 Å². The average molecular weight is 226 g/mol. The Hall–Kier alpha value is -0.0800. The number of nitrogens with zero attached hydrogens (tertiary/aromatic N) is 1. The summed E-state index contributed by atoms with van der Waals surface area (Å²) in [4.78, 5) is 2.65. The monoisotopic (exact) mass is 226 g/mol. The molecule has 16 heavy (non-hydrogen) atoms. The van der Waals surface area contributed by atoms with Gasteiger partial charge in [-0.2, -0.15) is 0 Å². The lowest BCUT2D eigenvalue weighted by molar-refractivity contribution is 0.0640. The highest BCUT2D eigenvalue weighted by Gasteiger charge is 2.44. The van der Waals surface area contributed by atoms with Crippen LogP contribution in [0.25, 0.3) is 0 Å². The van der Waals surface area contributed by atoms with Crippen molar-refractivity contribution in [3.63, 3.8) is 0 Å². The van der Waals surface area contributed by atoms with Gasteiger partial charge in [-0.1, -0.05) is 27.7 Å². The fourth-order valence-electron chi connectivity index (χ4n) is 2.63. The first-order valence-corrected chi connectivity index (χ1v) is 6.85. The number of rotatable bonds is 7. The molecule has 1 aliphatic rings. The zero-order chi connectivity index (χ0) is 12.3. The van der Waals surface area contributed by atoms with Crippen LogP contribution in [0.5, 0.6) is 0 Å². The van der Waals surface area contributed by atoms with Crippen LogP contribution in [0, 0.1) is 17.8 Å². The van der Waals surface area contributed by atoms with Gasteiger partial charge >= 0.3 is 0 Å². The lowest BCUT2D eigenvalue weighted by atomic mass is 9.91. The summed E-state index contributed by atoms with van der Waals surface area (Å²) in [5.41, 5.74) is 6.30. The molecular formula is C14H30N2. The van der Waals surface area contributed by atoms with Crippen LogP contribution in [0.15, 0.2) is 0 Å². The van der Waals surface area contributed by atoms with Gasteiger partial charge in [0, 0.05) is 25.2 Å². The lowest BCUT2D eigenvalue weighted by Gasteiger charge is -2.43. The van der Waals surface area contributed by atoms with E-state index < -0.39 is 0 Å². The molecule has 2 nitrogen and oxygen atoms in total. The summed E-state index contributed by atoms with van der Waals surface area (Å²) in [6.45, 7) is 14.7. The van der Waals surface area contributed by atoms with Crippen LogP contribution in [-0.4, -0.2) is 30.1 Å². The molecule has 1 saturated carbocycles. The molecule has 0 saturated heterocycles. The maximum Gasteiger partial charge on any atom is 0.0331 e. The van der Waals surface area contributed by atoms with Crippen molar-refractivity contribution in [3.05, 3.63) is 0 Å². The molecule has 0 aromatic rings. The number of nitrogens with two attached hydrogens (primary N) is 1. The Morgan fingerprint density at radius 2 is 1.56 bits per heavy atom. The average Bonchev–Trinajstić information content (AvgIpc) is 2.97. The van der Waals surface area contributed by atoms with Crippen LogP contribution in [0.1, 0.15) is 47.5 Å². The summed E-state index contributed by atoms with van der Waals surface area (Å²) in [6.07, 6.45) is 2.75. The number of hydrogen-bond donors (Lipinski definition) is 1. The predicted octanol–water partition coefficient (Wildman–Crippen LogP) is 2.73. The van der Waals surface area contributed by atoms with Crippen molar-refractivity contribution >= 4 is 0 Å². The van der Waals surface area contributed by atoms with Crippen LogP contribution < -0.4 is 5.73 Å². The van der Waals surface area contributed by atoms with E-state index in [9.17, 15) is 0 Å². The zero-order valence-electron chi connectivity index (χ0n) is 11.8. The van der Waals surface area contributed by atoms with Crippen molar-refractivity contribution in [2.75, 3.05) is 19.6 Å². The van der Waals surface area contributed by atoms with E-state index in [1.807, 2.05) is 0 Å². The molecule has 0 bridgehead atoms. The van der Waals surface area contributed by atoms with Crippen LogP contribution >= 0.6 is 0 Å². The van der Waals surface area contributed by atoms with E-state index >= 15 is 0 Å². The van der Waals surface area contributed by atoms with Gasteiger partial charge in [-0.25, -0.2) is 0 Å². The Kier molecular flexibility index (Phi) is 4.81. The fraction of sp³-hybridized carbons (Fsp3) is 1.00. The first kappa shape index (κ1) is 14.0. The molecule has 0 spiro atoms. The Balaban J connectivity index is 2.71. The normalized spacial score (nSPS) is 20.8. The molecule has 0 aliphatic heterocycles. The topological polar surface area (TPSA) is 29.3 Å². The summed E-state index contributed by atoms with van der Waals surface area (Å²) in [5.74, 6) is 2.29. The Bertz CT molecular complexity index is 199. The second-order valence-electron chi connectivity index (χ2n) is 6.53. The van der Waals surface area contributed by atoms with E-state index in [0.717, 1.165) is 24.3 Å². The molecule has 1 rings (SSSR count). The van der Waals surface area contributed by atoms with Gasteiger partial charge in [-0.05, 0) is 37.5 Å². The maximum atomic E-state index is 6.06. The third-order valence-electron chi connectivity index (χ3n) is 3.76. The zero-order valence-corrected chi connectivity index (χ0v) is 11.8. The molecule has 0 amide bonds. The van der Waals surface area contributed by atoms with Crippen LogP contribution in [-0.2, 0) is 0 Å². The molecule has 0 heterocycles. The Morgan fingerprint density at radius 1 is 1.12 bits per heavy atom. The van der Waals surface area contributed by atoms with E-state index in [0.29, 0.717) is 0 Å². The molecule has 0 aromatic carbocycles. The molecule has 1 unspecified atom stereocenters. The molecule has 1 atom stereocenters. The number of hydrogen-bond acceptors (Lipinski definition) is 2. The predicted molar refractivity (Wildman–Crippen MR) is 71.4 cm³/mol. The molecule has 1 aliphatic carbocycles. The highest BCUT2D eigenvalue weighted by molar-refractivity contribution is 5.00. The van der Waals surface area contributed by atoms with Crippen molar-refractivity contribution < 1.29 is 0 Å². The second-order valence-corrected chi connectivity index (χ2v) is 6.53. The largest absolute Gasteiger partial charge is 0.329 e. The van der Waals surface area contributed by atoms with Crippen molar-refractivity contribution in [1.29, 1.82) is 0 Å². The third kappa shape index (κ3) is 3.46. The van der Waals surface area contributed by atoms with Crippen LogP contribution in [0.2, 0.25) is 0 Å². The van der Waals surface area contributed by atoms with Crippen molar-refractivity contribution in [2.45, 2.75) is 53.0 Å². The fourth-order valence-corrected chi connectivity index (χ4v) is 2.63. The van der Waals surface area contributed by atoms with E-state index in [2.05, 4.69) is 39.5 Å². The van der Waals surface area contributed by atoms with Crippen molar-refractivity contribution in [1.82, 2.24) is 4.90 Å². The smallest absolute Gasteiger partial charge is 0.0331 e. The minimum atomic E-state index is 0.245. The quantitative estimate of drug-likeness (QED) is 0.723. The molecular weight excluding hydrogens is 196 g/mol.